The Bertz CT molecular complexity index is 870. The summed E-state index contributed by atoms with van der Waals surface area (Å²) in [5, 5.41) is 0. The lowest BCUT2D eigenvalue weighted by Crippen LogP contribution is -2.42. The Morgan fingerprint density at radius 2 is 1.90 bits per heavy atom. The molecule has 1 aliphatic carbocycles. The average Bonchev–Trinajstić information content (AvgIpc) is 3.26. The van der Waals surface area contributed by atoms with Crippen LogP contribution in [0.15, 0.2) is 29.2 Å². The van der Waals surface area contributed by atoms with Crippen molar-refractivity contribution in [3.05, 3.63) is 29.8 Å². The number of methoxy groups -OCH3 is 1. The van der Waals surface area contributed by atoms with Crippen molar-refractivity contribution in [1.29, 1.82) is 0 Å². The maximum atomic E-state index is 13.1. The normalized spacial score (nSPS) is 18.9. The Labute approximate surface area is 179 Å². The Kier molecular flexibility index (Phi) is 7.55. The number of morpholine rings is 1. The van der Waals surface area contributed by atoms with E-state index in [2.05, 4.69) is 0 Å². The van der Waals surface area contributed by atoms with Crippen LogP contribution in [0.5, 0.6) is 5.75 Å². The molecule has 0 radical (unpaired) electrons. The van der Waals surface area contributed by atoms with Gasteiger partial charge in [-0.1, -0.05) is 18.9 Å². The zero-order valence-corrected chi connectivity index (χ0v) is 18.9. The highest BCUT2D eigenvalue weighted by Crippen LogP contribution is 2.29. The van der Waals surface area contributed by atoms with Gasteiger partial charge in [-0.05, 0) is 50.5 Å². The summed E-state index contributed by atoms with van der Waals surface area (Å²) in [6.45, 7) is 5.45. The van der Waals surface area contributed by atoms with E-state index < -0.39 is 10.0 Å². The maximum Gasteiger partial charge on any atom is 0.247 e. The number of nitrogens with zero attached hydrogens (tertiary/aromatic N) is 2. The molecule has 8 heteroatoms. The van der Waals surface area contributed by atoms with E-state index in [0.29, 0.717) is 37.6 Å². The Hall–Kier alpha value is -1.90. The number of sulfonamides is 1. The van der Waals surface area contributed by atoms with Crippen LogP contribution < -0.4 is 4.74 Å². The fourth-order valence-corrected chi connectivity index (χ4v) is 5.82. The average molecular weight is 437 g/mol. The van der Waals surface area contributed by atoms with Gasteiger partial charge in [0, 0.05) is 31.2 Å². The SMILES string of the molecule is COc1ccc(/C=C/C(=O)N(C(C)C)C2CCCC2)cc1S(=O)(=O)N1CCOCC1. The van der Waals surface area contributed by atoms with E-state index in [4.69, 9.17) is 9.47 Å². The first kappa shape index (κ1) is 22.8. The van der Waals surface area contributed by atoms with Crippen LogP contribution in [0.25, 0.3) is 6.08 Å². The first-order valence-corrected chi connectivity index (χ1v) is 12.0. The van der Waals surface area contributed by atoms with E-state index in [1.54, 1.807) is 30.4 Å². The number of rotatable bonds is 7. The largest absolute Gasteiger partial charge is 0.495 e. The predicted molar refractivity (Wildman–Crippen MR) is 116 cm³/mol. The van der Waals surface area contributed by atoms with E-state index >= 15 is 0 Å². The Morgan fingerprint density at radius 1 is 1.23 bits per heavy atom. The van der Waals surface area contributed by atoms with Crippen molar-refractivity contribution in [2.75, 3.05) is 33.4 Å². The Balaban J connectivity index is 1.84. The third-order valence-electron chi connectivity index (χ3n) is 5.72. The molecule has 1 amide bonds. The number of carbonyl (C=O) groups excluding carboxylic acids is 1. The molecular weight excluding hydrogens is 404 g/mol. The highest BCUT2D eigenvalue weighted by atomic mass is 32.2. The highest BCUT2D eigenvalue weighted by molar-refractivity contribution is 7.89. The molecule has 1 saturated heterocycles. The number of hydrogen-bond donors (Lipinski definition) is 0. The minimum Gasteiger partial charge on any atom is -0.495 e. The van der Waals surface area contributed by atoms with Crippen LogP contribution in [0.4, 0.5) is 0 Å². The summed E-state index contributed by atoms with van der Waals surface area (Å²) in [7, 11) is -2.26. The van der Waals surface area contributed by atoms with Gasteiger partial charge in [-0.3, -0.25) is 4.79 Å². The first-order chi connectivity index (χ1) is 14.3. The zero-order chi connectivity index (χ0) is 21.7. The van der Waals surface area contributed by atoms with Gasteiger partial charge in [-0.2, -0.15) is 4.31 Å². The fraction of sp³-hybridized carbons (Fsp3) is 0.591. The van der Waals surface area contributed by atoms with Crippen LogP contribution in [0, 0.1) is 0 Å². The van der Waals surface area contributed by atoms with Crippen molar-refractivity contribution in [3.63, 3.8) is 0 Å². The van der Waals surface area contributed by atoms with E-state index in [0.717, 1.165) is 25.7 Å². The molecular formula is C22H32N2O5S. The lowest BCUT2D eigenvalue weighted by molar-refractivity contribution is -0.130. The molecule has 0 unspecified atom stereocenters. The molecule has 30 heavy (non-hydrogen) atoms. The smallest absolute Gasteiger partial charge is 0.247 e. The van der Waals surface area contributed by atoms with Gasteiger partial charge in [0.05, 0.1) is 20.3 Å². The second kappa shape index (κ2) is 9.94. The first-order valence-electron chi connectivity index (χ1n) is 10.6. The third-order valence-corrected chi connectivity index (χ3v) is 7.64. The van der Waals surface area contributed by atoms with Gasteiger partial charge in [0.1, 0.15) is 10.6 Å². The van der Waals surface area contributed by atoms with Gasteiger partial charge < -0.3 is 14.4 Å². The van der Waals surface area contributed by atoms with Crippen LogP contribution in [-0.2, 0) is 19.6 Å². The molecule has 1 heterocycles. The van der Waals surface area contributed by atoms with Gasteiger partial charge in [0.15, 0.2) is 0 Å². The quantitative estimate of drug-likeness (QED) is 0.615. The molecule has 0 aromatic heterocycles. The number of hydrogen-bond acceptors (Lipinski definition) is 5. The highest BCUT2D eigenvalue weighted by Gasteiger charge is 2.30. The maximum absolute atomic E-state index is 13.1. The van der Waals surface area contributed by atoms with Crippen molar-refractivity contribution >= 4 is 22.0 Å². The topological polar surface area (TPSA) is 76.2 Å². The van der Waals surface area contributed by atoms with Crippen molar-refractivity contribution in [2.45, 2.75) is 56.5 Å². The summed E-state index contributed by atoms with van der Waals surface area (Å²) < 4.78 is 38.2. The summed E-state index contributed by atoms with van der Waals surface area (Å²) >= 11 is 0. The van der Waals surface area contributed by atoms with Crippen molar-refractivity contribution in [3.8, 4) is 5.75 Å². The molecule has 2 aliphatic rings. The van der Waals surface area contributed by atoms with Gasteiger partial charge >= 0.3 is 0 Å². The van der Waals surface area contributed by atoms with Crippen LogP contribution >= 0.6 is 0 Å². The summed E-state index contributed by atoms with van der Waals surface area (Å²) in [5.74, 6) is 0.255. The van der Waals surface area contributed by atoms with Crippen molar-refractivity contribution in [1.82, 2.24) is 9.21 Å². The van der Waals surface area contributed by atoms with Gasteiger partial charge in [-0.15, -0.1) is 0 Å². The molecule has 7 nitrogen and oxygen atoms in total. The summed E-state index contributed by atoms with van der Waals surface area (Å²) in [4.78, 5) is 14.9. The van der Waals surface area contributed by atoms with E-state index in [9.17, 15) is 13.2 Å². The van der Waals surface area contributed by atoms with Crippen LogP contribution in [0.2, 0.25) is 0 Å². The number of amides is 1. The molecule has 0 atom stereocenters. The lowest BCUT2D eigenvalue weighted by atomic mass is 10.1. The molecule has 0 spiro atoms. The summed E-state index contributed by atoms with van der Waals surface area (Å²) in [6, 6.07) is 5.38. The van der Waals surface area contributed by atoms with Crippen LogP contribution in [0.3, 0.4) is 0 Å². The summed E-state index contributed by atoms with van der Waals surface area (Å²) in [6.07, 6.45) is 7.64. The minimum atomic E-state index is -3.71. The predicted octanol–water partition coefficient (Wildman–Crippen LogP) is 2.91. The van der Waals surface area contributed by atoms with Crippen molar-refractivity contribution in [2.24, 2.45) is 0 Å². The molecule has 1 saturated carbocycles. The number of carbonyl (C=O) groups is 1. The number of benzene rings is 1. The zero-order valence-electron chi connectivity index (χ0n) is 18.0. The van der Waals surface area contributed by atoms with Crippen LogP contribution in [0.1, 0.15) is 45.1 Å². The van der Waals surface area contributed by atoms with E-state index in [1.165, 1.54) is 11.4 Å². The minimum absolute atomic E-state index is 0.0368. The molecule has 1 aromatic rings. The molecule has 2 fully saturated rings. The van der Waals surface area contributed by atoms with E-state index in [-0.39, 0.29) is 22.9 Å². The molecule has 0 bridgehead atoms. The van der Waals surface area contributed by atoms with Crippen molar-refractivity contribution < 1.29 is 22.7 Å². The van der Waals surface area contributed by atoms with Gasteiger partial charge in [-0.25, -0.2) is 8.42 Å². The second-order valence-corrected chi connectivity index (χ2v) is 9.94. The fourth-order valence-electron chi connectivity index (χ4n) is 4.22. The van der Waals surface area contributed by atoms with Gasteiger partial charge in [0.2, 0.25) is 15.9 Å². The summed E-state index contributed by atoms with van der Waals surface area (Å²) in [5.41, 5.74) is 0.645. The molecule has 0 N–H and O–H groups in total. The monoisotopic (exact) mass is 436 g/mol. The molecule has 3 rings (SSSR count). The number of ether oxygens (including phenoxy) is 2. The van der Waals surface area contributed by atoms with Gasteiger partial charge in [0.25, 0.3) is 0 Å². The molecule has 1 aromatic carbocycles. The lowest BCUT2D eigenvalue weighted by Gasteiger charge is -2.31. The second-order valence-electron chi connectivity index (χ2n) is 8.04. The molecule has 166 valence electrons. The third kappa shape index (κ3) is 5.04. The standard InChI is InChI=1S/C22H32N2O5S/c1-17(2)24(19-6-4-5-7-19)22(25)11-9-18-8-10-20(28-3)21(16-18)30(26,27)23-12-14-29-15-13-23/h8-11,16-17,19H,4-7,12-15H2,1-3H3/b11-9+. The van der Waals surface area contributed by atoms with E-state index in [1.807, 2.05) is 18.7 Å². The molecule has 1 aliphatic heterocycles. The van der Waals surface area contributed by atoms with Crippen LogP contribution in [-0.4, -0.2) is 69.0 Å². The Morgan fingerprint density at radius 3 is 2.50 bits per heavy atom.